The number of carboxylic acid groups (broad SMARTS) is 2. The van der Waals surface area contributed by atoms with Crippen molar-refractivity contribution in [3.8, 4) is 5.75 Å². The van der Waals surface area contributed by atoms with Crippen LogP contribution >= 0.6 is 0 Å². The van der Waals surface area contributed by atoms with Crippen LogP contribution in [0.4, 0.5) is 0 Å². The zero-order valence-electron chi connectivity index (χ0n) is 7.58. The molecule has 0 bridgehead atoms. The lowest BCUT2D eigenvalue weighted by Gasteiger charge is -2.06. The molecule has 0 aromatic heterocycles. The van der Waals surface area contributed by atoms with Crippen LogP contribution in [-0.4, -0.2) is 22.3 Å². The first kappa shape index (κ1) is 11.9. The standard InChI is InChI=1S/C8H6O8/c9-7(10)4-1-5(8(11)12)3-6(2-4)14-16-15-13/h1-3,13H,(H,9,10)(H,11,12)/p-1. The molecule has 8 nitrogen and oxygen atoms in total. The maximum Gasteiger partial charge on any atom is 0.335 e. The van der Waals surface area contributed by atoms with E-state index in [1.165, 1.54) is 0 Å². The van der Waals surface area contributed by atoms with Crippen molar-refractivity contribution in [2.24, 2.45) is 0 Å². The summed E-state index contributed by atoms with van der Waals surface area (Å²) in [5.41, 5.74) is -0.769. The Labute approximate surface area is 88.0 Å². The van der Waals surface area contributed by atoms with Gasteiger partial charge in [0.2, 0.25) is 0 Å². The molecule has 0 unspecified atom stereocenters. The lowest BCUT2D eigenvalue weighted by Crippen LogP contribution is -2.22. The predicted molar refractivity (Wildman–Crippen MR) is 43.2 cm³/mol. The van der Waals surface area contributed by atoms with E-state index >= 15 is 0 Å². The van der Waals surface area contributed by atoms with E-state index in [1.54, 1.807) is 0 Å². The summed E-state index contributed by atoms with van der Waals surface area (Å²) in [5, 5.41) is 33.7. The second kappa shape index (κ2) is 5.07. The summed E-state index contributed by atoms with van der Waals surface area (Å²) < 4.78 is 0. The van der Waals surface area contributed by atoms with Crippen LogP contribution in [0.1, 0.15) is 20.7 Å². The molecule has 1 aromatic rings. The van der Waals surface area contributed by atoms with Crippen molar-refractivity contribution in [3.05, 3.63) is 29.3 Å². The van der Waals surface area contributed by atoms with Gasteiger partial charge in [0.25, 0.3) is 0 Å². The zero-order valence-corrected chi connectivity index (χ0v) is 7.58. The summed E-state index contributed by atoms with van der Waals surface area (Å²) in [6, 6.07) is 2.78. The maximum atomic E-state index is 10.6. The van der Waals surface area contributed by atoms with Crippen LogP contribution in [0.3, 0.4) is 0 Å². The van der Waals surface area contributed by atoms with Crippen LogP contribution in [0.5, 0.6) is 5.75 Å². The molecule has 0 aliphatic carbocycles. The van der Waals surface area contributed by atoms with E-state index in [9.17, 15) is 14.7 Å². The quantitative estimate of drug-likeness (QED) is 0.509. The van der Waals surface area contributed by atoms with Gasteiger partial charge in [-0.3, -0.25) is 0 Å². The third-order valence-electron chi connectivity index (χ3n) is 1.55. The molecule has 2 N–H and O–H groups in total. The lowest BCUT2D eigenvalue weighted by atomic mass is 10.1. The normalized spacial score (nSPS) is 9.81. The topological polar surface area (TPSA) is 125 Å². The third-order valence-corrected chi connectivity index (χ3v) is 1.55. The predicted octanol–water partition coefficient (Wildman–Crippen LogP) is -0.537. The SMILES string of the molecule is O=C([O-])c1cc(OOOO)cc(C(=O)O)c1. The van der Waals surface area contributed by atoms with Gasteiger partial charge >= 0.3 is 5.97 Å². The molecular formula is C8H5O8-. The van der Waals surface area contributed by atoms with Crippen molar-refractivity contribution in [1.82, 2.24) is 0 Å². The largest absolute Gasteiger partial charge is 0.545 e. The van der Waals surface area contributed by atoms with Gasteiger partial charge in [0, 0.05) is 10.6 Å². The van der Waals surface area contributed by atoms with Crippen LogP contribution in [0.25, 0.3) is 0 Å². The molecular weight excluding hydrogens is 224 g/mol. The Balaban J connectivity index is 3.08. The van der Waals surface area contributed by atoms with Crippen molar-refractivity contribution in [1.29, 1.82) is 0 Å². The van der Waals surface area contributed by atoms with Gasteiger partial charge in [-0.1, -0.05) is 0 Å². The van der Waals surface area contributed by atoms with E-state index in [0.717, 1.165) is 18.2 Å². The van der Waals surface area contributed by atoms with Crippen molar-refractivity contribution in [3.63, 3.8) is 0 Å². The number of rotatable bonds is 5. The van der Waals surface area contributed by atoms with Crippen molar-refractivity contribution >= 4 is 11.9 Å². The molecule has 0 radical (unpaired) electrons. The highest BCUT2D eigenvalue weighted by Crippen LogP contribution is 2.17. The fourth-order valence-corrected chi connectivity index (χ4v) is 0.943. The highest BCUT2D eigenvalue weighted by Gasteiger charge is 2.09. The summed E-state index contributed by atoms with van der Waals surface area (Å²) in [4.78, 5) is 25.3. The van der Waals surface area contributed by atoms with E-state index in [1.807, 2.05) is 0 Å². The summed E-state index contributed by atoms with van der Waals surface area (Å²) in [7, 11) is 0. The number of benzene rings is 1. The van der Waals surface area contributed by atoms with Crippen molar-refractivity contribution in [2.75, 3.05) is 0 Å². The van der Waals surface area contributed by atoms with Gasteiger partial charge in [0.15, 0.2) is 5.75 Å². The third kappa shape index (κ3) is 2.92. The van der Waals surface area contributed by atoms with Crippen LogP contribution in [-0.2, 0) is 10.1 Å². The molecule has 0 spiro atoms. The van der Waals surface area contributed by atoms with E-state index in [0.29, 0.717) is 0 Å². The molecule has 0 saturated carbocycles. The Hall–Kier alpha value is -2.16. The second-order valence-corrected chi connectivity index (χ2v) is 2.56. The Bertz CT molecular complexity index is 380. The number of carbonyl (C=O) groups excluding carboxylic acids is 1. The maximum absolute atomic E-state index is 10.6. The fraction of sp³-hybridized carbons (Fsp3) is 0. The Kier molecular flexibility index (Phi) is 3.78. The van der Waals surface area contributed by atoms with Gasteiger partial charge in [-0.15, -0.1) is 0 Å². The van der Waals surface area contributed by atoms with E-state index in [-0.39, 0.29) is 11.3 Å². The number of hydrogen-bond donors (Lipinski definition) is 2. The molecule has 1 rings (SSSR count). The van der Waals surface area contributed by atoms with Gasteiger partial charge in [0.05, 0.1) is 11.5 Å². The van der Waals surface area contributed by atoms with Crippen LogP contribution in [0, 0.1) is 0 Å². The van der Waals surface area contributed by atoms with Crippen LogP contribution < -0.4 is 9.99 Å². The molecule has 0 atom stereocenters. The highest BCUT2D eigenvalue weighted by molar-refractivity contribution is 5.93. The summed E-state index contributed by atoms with van der Waals surface area (Å²) in [5.74, 6) is -3.23. The first-order valence-corrected chi connectivity index (χ1v) is 3.79. The Morgan fingerprint density at radius 2 is 1.81 bits per heavy atom. The van der Waals surface area contributed by atoms with Crippen LogP contribution in [0.2, 0.25) is 0 Å². The number of aromatic carboxylic acids is 2. The van der Waals surface area contributed by atoms with Crippen molar-refractivity contribution in [2.45, 2.75) is 0 Å². The highest BCUT2D eigenvalue weighted by atomic mass is 17.6. The summed E-state index contributed by atoms with van der Waals surface area (Å²) in [6.45, 7) is 0. The van der Waals surface area contributed by atoms with E-state index < -0.39 is 17.5 Å². The Morgan fingerprint density at radius 1 is 1.19 bits per heavy atom. The minimum absolute atomic E-state index is 0.284. The van der Waals surface area contributed by atoms with Gasteiger partial charge < -0.3 is 19.9 Å². The average Bonchev–Trinajstić information content (AvgIpc) is 2.25. The van der Waals surface area contributed by atoms with E-state index in [2.05, 4.69) is 15.0 Å². The monoisotopic (exact) mass is 229 g/mol. The van der Waals surface area contributed by atoms with E-state index in [4.69, 9.17) is 10.4 Å². The smallest absolute Gasteiger partial charge is 0.335 e. The zero-order chi connectivity index (χ0) is 12.1. The fourth-order valence-electron chi connectivity index (χ4n) is 0.943. The first-order valence-electron chi connectivity index (χ1n) is 3.79. The molecule has 0 saturated heterocycles. The molecule has 86 valence electrons. The number of hydrogen-bond acceptors (Lipinski definition) is 7. The molecule has 0 fully saturated rings. The van der Waals surface area contributed by atoms with Gasteiger partial charge in [0.1, 0.15) is 0 Å². The molecule has 16 heavy (non-hydrogen) atoms. The summed E-state index contributed by atoms with van der Waals surface area (Å²) in [6.07, 6.45) is 0. The summed E-state index contributed by atoms with van der Waals surface area (Å²) >= 11 is 0. The van der Waals surface area contributed by atoms with Crippen molar-refractivity contribution < 1.29 is 40.0 Å². The minimum Gasteiger partial charge on any atom is -0.545 e. The molecule has 0 amide bonds. The van der Waals surface area contributed by atoms with Gasteiger partial charge in [-0.2, -0.15) is 0 Å². The second-order valence-electron chi connectivity index (χ2n) is 2.56. The minimum atomic E-state index is -1.59. The molecule has 1 aromatic carbocycles. The number of carboxylic acids is 2. The molecule has 0 aliphatic heterocycles. The average molecular weight is 229 g/mol. The van der Waals surface area contributed by atoms with Gasteiger partial charge in [-0.05, 0) is 23.2 Å². The molecule has 0 aliphatic rings. The number of carbonyl (C=O) groups is 2. The Morgan fingerprint density at radius 3 is 2.31 bits per heavy atom. The molecule has 8 heteroatoms. The van der Waals surface area contributed by atoms with Gasteiger partial charge in [-0.25, -0.2) is 10.1 Å². The lowest BCUT2D eigenvalue weighted by molar-refractivity contribution is -0.594. The molecule has 0 heterocycles. The first-order chi connectivity index (χ1) is 7.54. The van der Waals surface area contributed by atoms with Crippen LogP contribution in [0.15, 0.2) is 18.2 Å².